The summed E-state index contributed by atoms with van der Waals surface area (Å²) in [6.07, 6.45) is 0.112. The van der Waals surface area contributed by atoms with Gasteiger partial charge in [0.05, 0.1) is 19.3 Å². The van der Waals surface area contributed by atoms with Gasteiger partial charge < -0.3 is 15.2 Å². The predicted molar refractivity (Wildman–Crippen MR) is 60.5 cm³/mol. The number of benzene rings is 1. The SMILES string of the molecule is COCC(C)OCc1ccccc1CN. The number of rotatable bonds is 6. The molecule has 84 valence electrons. The van der Waals surface area contributed by atoms with Gasteiger partial charge in [-0.25, -0.2) is 0 Å². The second-order valence-electron chi connectivity index (χ2n) is 3.55. The van der Waals surface area contributed by atoms with Gasteiger partial charge in [0.15, 0.2) is 0 Å². The fourth-order valence-electron chi connectivity index (χ4n) is 1.41. The van der Waals surface area contributed by atoms with Crippen molar-refractivity contribution in [1.29, 1.82) is 0 Å². The van der Waals surface area contributed by atoms with E-state index in [1.807, 2.05) is 31.2 Å². The summed E-state index contributed by atoms with van der Waals surface area (Å²) >= 11 is 0. The lowest BCUT2D eigenvalue weighted by atomic mass is 10.1. The highest BCUT2D eigenvalue weighted by Crippen LogP contribution is 2.10. The first-order chi connectivity index (χ1) is 7.27. The molecule has 3 nitrogen and oxygen atoms in total. The van der Waals surface area contributed by atoms with E-state index in [4.69, 9.17) is 15.2 Å². The Bertz CT molecular complexity index is 289. The van der Waals surface area contributed by atoms with Crippen molar-refractivity contribution < 1.29 is 9.47 Å². The molecule has 0 aliphatic rings. The Kier molecular flexibility index (Phi) is 5.32. The minimum absolute atomic E-state index is 0.112. The van der Waals surface area contributed by atoms with Crippen LogP contribution in [0.25, 0.3) is 0 Å². The Morgan fingerprint density at radius 1 is 1.27 bits per heavy atom. The van der Waals surface area contributed by atoms with E-state index in [0.717, 1.165) is 11.1 Å². The molecule has 1 aromatic carbocycles. The summed E-state index contributed by atoms with van der Waals surface area (Å²) in [6.45, 7) is 3.76. The van der Waals surface area contributed by atoms with Crippen LogP contribution < -0.4 is 5.73 Å². The third-order valence-electron chi connectivity index (χ3n) is 2.26. The van der Waals surface area contributed by atoms with Crippen molar-refractivity contribution in [1.82, 2.24) is 0 Å². The van der Waals surface area contributed by atoms with Gasteiger partial charge in [0.1, 0.15) is 0 Å². The third-order valence-corrected chi connectivity index (χ3v) is 2.26. The van der Waals surface area contributed by atoms with E-state index < -0.39 is 0 Å². The van der Waals surface area contributed by atoms with Crippen molar-refractivity contribution in [2.24, 2.45) is 5.73 Å². The zero-order chi connectivity index (χ0) is 11.1. The lowest BCUT2D eigenvalue weighted by molar-refractivity contribution is -0.000363. The first-order valence-corrected chi connectivity index (χ1v) is 5.15. The van der Waals surface area contributed by atoms with Crippen LogP contribution in [0.3, 0.4) is 0 Å². The molecule has 1 rings (SSSR count). The first kappa shape index (κ1) is 12.2. The summed E-state index contributed by atoms with van der Waals surface area (Å²) < 4.78 is 10.6. The van der Waals surface area contributed by atoms with Gasteiger partial charge in [-0.2, -0.15) is 0 Å². The van der Waals surface area contributed by atoms with Crippen molar-refractivity contribution in [2.75, 3.05) is 13.7 Å². The summed E-state index contributed by atoms with van der Waals surface area (Å²) in [4.78, 5) is 0. The van der Waals surface area contributed by atoms with Gasteiger partial charge >= 0.3 is 0 Å². The molecule has 1 unspecified atom stereocenters. The lowest BCUT2D eigenvalue weighted by Crippen LogP contribution is -2.15. The number of methoxy groups -OCH3 is 1. The van der Waals surface area contributed by atoms with E-state index in [9.17, 15) is 0 Å². The molecule has 1 atom stereocenters. The number of nitrogens with two attached hydrogens (primary N) is 1. The zero-order valence-corrected chi connectivity index (χ0v) is 9.40. The molecule has 0 spiro atoms. The van der Waals surface area contributed by atoms with E-state index in [1.165, 1.54) is 0 Å². The summed E-state index contributed by atoms with van der Waals surface area (Å²) in [5, 5.41) is 0. The molecule has 0 saturated carbocycles. The highest BCUT2D eigenvalue weighted by atomic mass is 16.5. The van der Waals surface area contributed by atoms with Crippen LogP contribution in [0.2, 0.25) is 0 Å². The fourth-order valence-corrected chi connectivity index (χ4v) is 1.41. The van der Waals surface area contributed by atoms with Gasteiger partial charge in [-0.1, -0.05) is 24.3 Å². The van der Waals surface area contributed by atoms with Gasteiger partial charge in [-0.05, 0) is 18.1 Å². The maximum atomic E-state index is 5.64. The monoisotopic (exact) mass is 209 g/mol. The van der Waals surface area contributed by atoms with Crippen LogP contribution in [-0.2, 0) is 22.6 Å². The minimum Gasteiger partial charge on any atom is -0.382 e. The molecule has 15 heavy (non-hydrogen) atoms. The lowest BCUT2D eigenvalue weighted by Gasteiger charge is -2.13. The number of hydrogen-bond donors (Lipinski definition) is 1. The largest absolute Gasteiger partial charge is 0.382 e. The topological polar surface area (TPSA) is 44.5 Å². The van der Waals surface area contributed by atoms with Crippen LogP contribution in [0.1, 0.15) is 18.1 Å². The normalized spacial score (nSPS) is 12.7. The van der Waals surface area contributed by atoms with E-state index in [1.54, 1.807) is 7.11 Å². The van der Waals surface area contributed by atoms with Crippen molar-refractivity contribution in [3.63, 3.8) is 0 Å². The highest BCUT2D eigenvalue weighted by Gasteiger charge is 2.04. The Hall–Kier alpha value is -0.900. The number of hydrogen-bond acceptors (Lipinski definition) is 3. The van der Waals surface area contributed by atoms with Gasteiger partial charge in [0.2, 0.25) is 0 Å². The molecule has 1 aromatic rings. The quantitative estimate of drug-likeness (QED) is 0.775. The van der Waals surface area contributed by atoms with Crippen molar-refractivity contribution in [2.45, 2.75) is 26.2 Å². The van der Waals surface area contributed by atoms with Gasteiger partial charge in [0, 0.05) is 13.7 Å². The van der Waals surface area contributed by atoms with E-state index in [0.29, 0.717) is 19.8 Å². The molecule has 0 heterocycles. The number of ether oxygens (including phenoxy) is 2. The van der Waals surface area contributed by atoms with Crippen LogP contribution in [0.4, 0.5) is 0 Å². The van der Waals surface area contributed by atoms with Gasteiger partial charge in [-0.3, -0.25) is 0 Å². The highest BCUT2D eigenvalue weighted by molar-refractivity contribution is 5.26. The first-order valence-electron chi connectivity index (χ1n) is 5.15. The van der Waals surface area contributed by atoms with E-state index in [-0.39, 0.29) is 6.10 Å². The fraction of sp³-hybridized carbons (Fsp3) is 0.500. The van der Waals surface area contributed by atoms with Crippen LogP contribution >= 0.6 is 0 Å². The second-order valence-corrected chi connectivity index (χ2v) is 3.55. The third kappa shape index (κ3) is 4.00. The summed E-state index contributed by atoms with van der Waals surface area (Å²) in [7, 11) is 1.67. The molecule has 0 aliphatic carbocycles. The summed E-state index contributed by atoms with van der Waals surface area (Å²) in [5.41, 5.74) is 7.93. The molecule has 0 aromatic heterocycles. The molecule has 0 radical (unpaired) electrons. The molecule has 2 N–H and O–H groups in total. The maximum Gasteiger partial charge on any atom is 0.0784 e. The smallest absolute Gasteiger partial charge is 0.0784 e. The van der Waals surface area contributed by atoms with Crippen molar-refractivity contribution >= 4 is 0 Å². The molecule has 3 heteroatoms. The van der Waals surface area contributed by atoms with E-state index >= 15 is 0 Å². The maximum absolute atomic E-state index is 5.64. The Labute approximate surface area is 91.2 Å². The average Bonchev–Trinajstić information content (AvgIpc) is 2.27. The Morgan fingerprint density at radius 3 is 2.53 bits per heavy atom. The Morgan fingerprint density at radius 2 is 1.93 bits per heavy atom. The minimum atomic E-state index is 0.112. The predicted octanol–water partition coefficient (Wildman–Crippen LogP) is 1.70. The molecule has 0 bridgehead atoms. The molecule has 0 fully saturated rings. The molecule has 0 aliphatic heterocycles. The molecular weight excluding hydrogens is 190 g/mol. The standard InChI is InChI=1S/C12H19NO2/c1-10(8-14-2)15-9-12-6-4-3-5-11(12)7-13/h3-6,10H,7-9,13H2,1-2H3. The van der Waals surface area contributed by atoms with Crippen LogP contribution in [0, 0.1) is 0 Å². The summed E-state index contributed by atoms with van der Waals surface area (Å²) in [6, 6.07) is 8.06. The molecular formula is C12H19NO2. The van der Waals surface area contributed by atoms with Crippen molar-refractivity contribution in [3.8, 4) is 0 Å². The zero-order valence-electron chi connectivity index (χ0n) is 9.40. The van der Waals surface area contributed by atoms with Crippen molar-refractivity contribution in [3.05, 3.63) is 35.4 Å². The van der Waals surface area contributed by atoms with E-state index in [2.05, 4.69) is 0 Å². The second kappa shape index (κ2) is 6.56. The van der Waals surface area contributed by atoms with Gasteiger partial charge in [-0.15, -0.1) is 0 Å². The molecule has 0 saturated heterocycles. The van der Waals surface area contributed by atoms with Crippen LogP contribution in [-0.4, -0.2) is 19.8 Å². The van der Waals surface area contributed by atoms with Crippen LogP contribution in [0.5, 0.6) is 0 Å². The van der Waals surface area contributed by atoms with Gasteiger partial charge in [0.25, 0.3) is 0 Å². The molecule has 0 amide bonds. The Balaban J connectivity index is 2.49. The average molecular weight is 209 g/mol. The summed E-state index contributed by atoms with van der Waals surface area (Å²) in [5.74, 6) is 0. The van der Waals surface area contributed by atoms with Crippen LogP contribution in [0.15, 0.2) is 24.3 Å².